The van der Waals surface area contributed by atoms with Crippen LogP contribution in [0, 0.1) is 13.8 Å². The molecule has 23 heavy (non-hydrogen) atoms. The Kier molecular flexibility index (Phi) is 4.05. The number of aromatic nitrogens is 2. The Hall–Kier alpha value is -1.67. The molecule has 6 nitrogen and oxygen atoms in total. The van der Waals surface area contributed by atoms with Crippen LogP contribution in [0.4, 0.5) is 0 Å². The van der Waals surface area contributed by atoms with Gasteiger partial charge in [-0.15, -0.1) is 11.3 Å². The van der Waals surface area contributed by atoms with E-state index >= 15 is 0 Å². The van der Waals surface area contributed by atoms with Gasteiger partial charge in [0.2, 0.25) is 0 Å². The quantitative estimate of drug-likeness (QED) is 0.844. The highest BCUT2D eigenvalue weighted by Crippen LogP contribution is 2.25. The van der Waals surface area contributed by atoms with Crippen LogP contribution in [-0.2, 0) is 9.84 Å². The molecule has 1 atom stereocenters. The lowest BCUT2D eigenvalue weighted by atomic mass is 10.1. The van der Waals surface area contributed by atoms with Gasteiger partial charge >= 0.3 is 0 Å². The molecule has 3 heterocycles. The molecule has 1 saturated heterocycles. The molecule has 2 aromatic rings. The highest BCUT2D eigenvalue weighted by Gasteiger charge is 2.34. The van der Waals surface area contributed by atoms with Crippen LogP contribution in [0.2, 0.25) is 0 Å². The maximum Gasteiger partial charge on any atom is 0.255 e. The number of sulfone groups is 1. The highest BCUT2D eigenvalue weighted by molar-refractivity contribution is 7.91. The van der Waals surface area contributed by atoms with Gasteiger partial charge < -0.3 is 4.90 Å². The maximum absolute atomic E-state index is 12.8. The molecule has 8 heteroatoms. The Morgan fingerprint density at radius 1 is 1.43 bits per heavy atom. The number of amides is 1. The van der Waals surface area contributed by atoms with Gasteiger partial charge in [0, 0.05) is 36.1 Å². The number of hydrogen-bond donors (Lipinski definition) is 0. The van der Waals surface area contributed by atoms with Crippen LogP contribution in [0.15, 0.2) is 17.6 Å². The zero-order chi connectivity index (χ0) is 16.8. The van der Waals surface area contributed by atoms with E-state index in [0.29, 0.717) is 12.0 Å². The molecule has 0 aromatic carbocycles. The van der Waals surface area contributed by atoms with Gasteiger partial charge in [0.15, 0.2) is 15.0 Å². The van der Waals surface area contributed by atoms with Crippen molar-refractivity contribution in [1.82, 2.24) is 14.5 Å². The fourth-order valence-electron chi connectivity index (χ4n) is 3.04. The number of nitrogens with zero attached hydrogens (tertiary/aromatic N) is 3. The summed E-state index contributed by atoms with van der Waals surface area (Å²) in [5, 5.41) is 2.72. The number of aryl methyl sites for hydroxylation is 1. The first-order chi connectivity index (χ1) is 10.8. The molecule has 2 aromatic heterocycles. The van der Waals surface area contributed by atoms with Crippen molar-refractivity contribution >= 4 is 27.1 Å². The van der Waals surface area contributed by atoms with E-state index in [0.717, 1.165) is 16.5 Å². The van der Waals surface area contributed by atoms with Gasteiger partial charge in [-0.1, -0.05) is 0 Å². The summed E-state index contributed by atoms with van der Waals surface area (Å²) in [7, 11) is -1.33. The third-order valence-corrected chi connectivity index (χ3v) is 6.86. The molecule has 3 rings (SSSR count). The lowest BCUT2D eigenvalue weighted by Gasteiger charge is -2.23. The Labute approximate surface area is 139 Å². The largest absolute Gasteiger partial charge is 0.338 e. The third-order valence-electron chi connectivity index (χ3n) is 4.35. The van der Waals surface area contributed by atoms with Crippen LogP contribution in [0.25, 0.3) is 5.13 Å². The van der Waals surface area contributed by atoms with Crippen molar-refractivity contribution in [3.05, 3.63) is 34.6 Å². The van der Waals surface area contributed by atoms with Crippen LogP contribution in [0.5, 0.6) is 0 Å². The van der Waals surface area contributed by atoms with Crippen molar-refractivity contribution in [2.24, 2.45) is 0 Å². The lowest BCUT2D eigenvalue weighted by molar-refractivity contribution is 0.0747. The van der Waals surface area contributed by atoms with Crippen LogP contribution in [0.3, 0.4) is 0 Å². The first kappa shape index (κ1) is 16.2. The van der Waals surface area contributed by atoms with Crippen molar-refractivity contribution in [3.8, 4) is 5.13 Å². The van der Waals surface area contributed by atoms with Crippen molar-refractivity contribution in [2.45, 2.75) is 26.3 Å². The molecule has 1 aliphatic rings. The first-order valence-corrected chi connectivity index (χ1v) is 10.1. The van der Waals surface area contributed by atoms with Crippen molar-refractivity contribution in [3.63, 3.8) is 0 Å². The van der Waals surface area contributed by atoms with E-state index in [4.69, 9.17) is 0 Å². The van der Waals surface area contributed by atoms with Crippen LogP contribution < -0.4 is 0 Å². The van der Waals surface area contributed by atoms with Crippen LogP contribution in [0.1, 0.15) is 28.2 Å². The van der Waals surface area contributed by atoms with Gasteiger partial charge in [-0.05, 0) is 26.3 Å². The van der Waals surface area contributed by atoms with E-state index in [2.05, 4.69) is 4.98 Å². The summed E-state index contributed by atoms with van der Waals surface area (Å²) < 4.78 is 25.2. The topological polar surface area (TPSA) is 72.3 Å². The van der Waals surface area contributed by atoms with Crippen LogP contribution >= 0.6 is 11.3 Å². The second-order valence-corrected chi connectivity index (χ2v) is 9.01. The Balaban J connectivity index is 1.90. The molecule has 0 spiro atoms. The van der Waals surface area contributed by atoms with Crippen molar-refractivity contribution in [1.29, 1.82) is 0 Å². The molecule has 1 unspecified atom stereocenters. The summed E-state index contributed by atoms with van der Waals surface area (Å²) >= 11 is 1.51. The summed E-state index contributed by atoms with van der Waals surface area (Å²) in [4.78, 5) is 18.7. The predicted molar refractivity (Wildman–Crippen MR) is 90.1 cm³/mol. The molecule has 0 radical (unpaired) electrons. The van der Waals surface area contributed by atoms with E-state index in [9.17, 15) is 13.2 Å². The van der Waals surface area contributed by atoms with Gasteiger partial charge in [-0.25, -0.2) is 13.4 Å². The Morgan fingerprint density at radius 2 is 2.17 bits per heavy atom. The minimum atomic E-state index is -3.01. The second-order valence-electron chi connectivity index (χ2n) is 5.91. The number of thiazole rings is 1. The monoisotopic (exact) mass is 353 g/mol. The molecular weight excluding hydrogens is 334 g/mol. The Bertz CT molecular complexity index is 838. The minimum Gasteiger partial charge on any atom is -0.338 e. The van der Waals surface area contributed by atoms with E-state index in [1.54, 1.807) is 18.1 Å². The summed E-state index contributed by atoms with van der Waals surface area (Å²) in [6.45, 7) is 3.83. The third kappa shape index (κ3) is 2.92. The van der Waals surface area contributed by atoms with Crippen molar-refractivity contribution < 1.29 is 13.2 Å². The molecule has 124 valence electrons. The molecule has 0 aliphatic carbocycles. The molecule has 0 bridgehead atoms. The molecule has 0 N–H and O–H groups in total. The van der Waals surface area contributed by atoms with Crippen molar-refractivity contribution in [2.75, 3.05) is 18.6 Å². The number of carbonyl (C=O) groups excluding carboxylic acids is 1. The van der Waals surface area contributed by atoms with Gasteiger partial charge in [0.1, 0.15) is 0 Å². The van der Waals surface area contributed by atoms with E-state index in [1.165, 1.54) is 11.3 Å². The summed E-state index contributed by atoms with van der Waals surface area (Å²) in [6, 6.07) is 1.61. The number of carbonyl (C=O) groups is 1. The average molecular weight is 353 g/mol. The molecule has 1 fully saturated rings. The van der Waals surface area contributed by atoms with E-state index in [1.807, 2.05) is 29.9 Å². The molecule has 1 aliphatic heterocycles. The lowest BCUT2D eigenvalue weighted by Crippen LogP contribution is -2.38. The summed E-state index contributed by atoms with van der Waals surface area (Å²) in [5.74, 6) is 0.0800. The average Bonchev–Trinajstić information content (AvgIpc) is 3.18. The smallest absolute Gasteiger partial charge is 0.255 e. The fourth-order valence-corrected chi connectivity index (χ4v) is 5.56. The maximum atomic E-state index is 12.8. The first-order valence-electron chi connectivity index (χ1n) is 7.36. The van der Waals surface area contributed by atoms with Gasteiger partial charge in [-0.3, -0.25) is 9.36 Å². The molecule has 1 amide bonds. The fraction of sp³-hybridized carbons (Fsp3) is 0.467. The minimum absolute atomic E-state index is 0.0560. The number of hydrogen-bond acceptors (Lipinski definition) is 5. The van der Waals surface area contributed by atoms with Gasteiger partial charge in [-0.2, -0.15) is 0 Å². The van der Waals surface area contributed by atoms with Gasteiger partial charge in [0.05, 0.1) is 17.1 Å². The zero-order valence-corrected chi connectivity index (χ0v) is 14.9. The van der Waals surface area contributed by atoms with Gasteiger partial charge in [0.25, 0.3) is 5.91 Å². The predicted octanol–water partition coefficient (Wildman–Crippen LogP) is 1.81. The standard InChI is InChI=1S/C15H19N3O3S2/c1-10-8-13(11(2)18(10)15-16-5-6-22-15)14(19)17(3)12-4-7-23(20,21)9-12/h5-6,8,12H,4,7,9H2,1-3H3. The molecular formula is C15H19N3O3S2. The normalized spacial score (nSPS) is 19.9. The highest BCUT2D eigenvalue weighted by atomic mass is 32.2. The SMILES string of the molecule is Cc1cc(C(=O)N(C)C2CCS(=O)(=O)C2)c(C)n1-c1nccs1. The zero-order valence-electron chi connectivity index (χ0n) is 13.3. The summed E-state index contributed by atoms with van der Waals surface area (Å²) in [5.41, 5.74) is 2.37. The Morgan fingerprint density at radius 3 is 2.74 bits per heavy atom. The van der Waals surface area contributed by atoms with Crippen LogP contribution in [-0.4, -0.2) is 53.4 Å². The van der Waals surface area contributed by atoms with E-state index in [-0.39, 0.29) is 23.5 Å². The summed E-state index contributed by atoms with van der Waals surface area (Å²) in [6.07, 6.45) is 2.24. The second kappa shape index (κ2) is 5.76. The van der Waals surface area contributed by atoms with E-state index < -0.39 is 9.84 Å². The molecule has 0 saturated carbocycles. The number of rotatable bonds is 3.